The van der Waals surface area contributed by atoms with Crippen LogP contribution in [0, 0.1) is 0 Å². The van der Waals surface area contributed by atoms with Crippen molar-refractivity contribution in [2.75, 3.05) is 0 Å². The first-order valence-electron chi connectivity index (χ1n) is 6.27. The van der Waals surface area contributed by atoms with Gasteiger partial charge in [-0.1, -0.05) is 31.2 Å². The van der Waals surface area contributed by atoms with E-state index in [9.17, 15) is 9.59 Å². The van der Waals surface area contributed by atoms with Gasteiger partial charge in [0.05, 0.1) is 0 Å². The molecule has 5 nitrogen and oxygen atoms in total. The summed E-state index contributed by atoms with van der Waals surface area (Å²) in [6.07, 6.45) is 2.16. The van der Waals surface area contributed by atoms with Gasteiger partial charge in [-0.3, -0.25) is 4.79 Å². The topological polar surface area (TPSA) is 79.4 Å². The molecule has 0 fully saturated rings. The Bertz CT molecular complexity index is 676. The van der Waals surface area contributed by atoms with Crippen LogP contribution in [0.15, 0.2) is 41.3 Å². The van der Waals surface area contributed by atoms with Crippen LogP contribution in [-0.2, 0) is 13.0 Å². The van der Waals surface area contributed by atoms with E-state index < -0.39 is 11.4 Å². The molecule has 104 valence electrons. The Morgan fingerprint density at radius 3 is 2.60 bits per heavy atom. The van der Waals surface area contributed by atoms with Crippen LogP contribution in [-0.4, -0.2) is 16.1 Å². The van der Waals surface area contributed by atoms with Crippen LogP contribution in [0.1, 0.15) is 28.5 Å². The van der Waals surface area contributed by atoms with Crippen molar-refractivity contribution in [1.29, 1.82) is 0 Å². The molecular weight excluding hydrogens is 258 g/mol. The number of nitrogens with one attached hydrogen (secondary N) is 1. The number of aromatic amines is 1. The summed E-state index contributed by atoms with van der Waals surface area (Å²) in [7, 11) is 0. The molecule has 5 heteroatoms. The van der Waals surface area contributed by atoms with E-state index >= 15 is 0 Å². The Labute approximate surface area is 115 Å². The minimum Gasteiger partial charge on any atom is -0.483 e. The lowest BCUT2D eigenvalue weighted by molar-refractivity contribution is 0.0690. The molecule has 0 radical (unpaired) electrons. The van der Waals surface area contributed by atoms with Crippen LogP contribution in [0.25, 0.3) is 0 Å². The van der Waals surface area contributed by atoms with E-state index in [4.69, 9.17) is 9.84 Å². The largest absolute Gasteiger partial charge is 0.483 e. The molecular formula is C15H15NO4. The number of benzene rings is 1. The first-order chi connectivity index (χ1) is 9.61. The van der Waals surface area contributed by atoms with Crippen LogP contribution < -0.4 is 10.2 Å². The molecule has 1 aromatic heterocycles. The Morgan fingerprint density at radius 1 is 1.30 bits per heavy atom. The predicted molar refractivity (Wildman–Crippen MR) is 74.2 cm³/mol. The molecule has 2 N–H and O–H groups in total. The van der Waals surface area contributed by atoms with Crippen LogP contribution in [0.3, 0.4) is 0 Å². The molecule has 0 saturated heterocycles. The van der Waals surface area contributed by atoms with Crippen molar-refractivity contribution < 1.29 is 14.6 Å². The van der Waals surface area contributed by atoms with Gasteiger partial charge in [0.2, 0.25) is 5.43 Å². The number of hydrogen-bond donors (Lipinski definition) is 2. The van der Waals surface area contributed by atoms with E-state index in [-0.39, 0.29) is 18.1 Å². The second-order valence-corrected chi connectivity index (χ2v) is 4.29. The monoisotopic (exact) mass is 273 g/mol. The summed E-state index contributed by atoms with van der Waals surface area (Å²) in [5.41, 5.74) is 1.56. The molecule has 0 bridgehead atoms. The number of ether oxygens (including phenoxy) is 1. The Hall–Kier alpha value is -2.56. The number of aryl methyl sites for hydroxylation is 1. The molecule has 0 amide bonds. The van der Waals surface area contributed by atoms with Crippen LogP contribution in [0.5, 0.6) is 5.75 Å². The fourth-order valence-electron chi connectivity index (χ4n) is 1.89. The summed E-state index contributed by atoms with van der Waals surface area (Å²) in [6.45, 7) is 2.33. The normalized spacial score (nSPS) is 10.2. The van der Waals surface area contributed by atoms with Crippen molar-refractivity contribution in [3.63, 3.8) is 0 Å². The smallest absolute Gasteiger partial charge is 0.352 e. The molecule has 0 spiro atoms. The predicted octanol–water partition coefficient (Wildman–Crippen LogP) is 2.21. The minimum absolute atomic E-state index is 0.112. The maximum atomic E-state index is 11.7. The average molecular weight is 273 g/mol. The number of aromatic carboxylic acids is 1. The highest BCUT2D eigenvalue weighted by atomic mass is 16.5. The van der Waals surface area contributed by atoms with Gasteiger partial charge in [0.25, 0.3) is 0 Å². The number of carboxylic acids is 1. The maximum Gasteiger partial charge on any atom is 0.352 e. The first-order valence-corrected chi connectivity index (χ1v) is 6.27. The molecule has 0 aliphatic heterocycles. The van der Waals surface area contributed by atoms with Crippen molar-refractivity contribution >= 4 is 5.97 Å². The molecule has 20 heavy (non-hydrogen) atoms. The molecule has 0 atom stereocenters. The fraction of sp³-hybridized carbons (Fsp3) is 0.200. The van der Waals surface area contributed by atoms with Crippen molar-refractivity contribution in [1.82, 2.24) is 4.98 Å². The summed E-state index contributed by atoms with van der Waals surface area (Å²) in [5, 5.41) is 8.77. The van der Waals surface area contributed by atoms with Gasteiger partial charge in [-0.15, -0.1) is 0 Å². The van der Waals surface area contributed by atoms with Crippen LogP contribution >= 0.6 is 0 Å². The summed E-state index contributed by atoms with van der Waals surface area (Å²) < 4.78 is 5.46. The molecule has 0 aliphatic rings. The van der Waals surface area contributed by atoms with Gasteiger partial charge < -0.3 is 14.8 Å². The van der Waals surface area contributed by atoms with E-state index in [0.29, 0.717) is 0 Å². The summed E-state index contributed by atoms with van der Waals surface area (Å²) in [6, 6.07) is 8.84. The number of carboxylic acid groups (broad SMARTS) is 1. The summed E-state index contributed by atoms with van der Waals surface area (Å²) >= 11 is 0. The third-order valence-corrected chi connectivity index (χ3v) is 2.99. The van der Waals surface area contributed by atoms with Gasteiger partial charge in [-0.05, 0) is 17.5 Å². The van der Waals surface area contributed by atoms with E-state index in [1.54, 1.807) is 0 Å². The van der Waals surface area contributed by atoms with Gasteiger partial charge in [0, 0.05) is 12.3 Å². The second-order valence-electron chi connectivity index (χ2n) is 4.29. The van der Waals surface area contributed by atoms with Crippen molar-refractivity contribution in [3.8, 4) is 5.75 Å². The number of H-pyrrole nitrogens is 1. The summed E-state index contributed by atoms with van der Waals surface area (Å²) in [4.78, 5) is 24.9. The van der Waals surface area contributed by atoms with Crippen molar-refractivity contribution in [3.05, 3.63) is 63.6 Å². The molecule has 0 aliphatic carbocycles. The third-order valence-electron chi connectivity index (χ3n) is 2.99. The van der Waals surface area contributed by atoms with Gasteiger partial charge in [0.1, 0.15) is 12.3 Å². The minimum atomic E-state index is -1.18. The fourth-order valence-corrected chi connectivity index (χ4v) is 1.89. The lowest BCUT2D eigenvalue weighted by atomic mass is 10.1. The SMILES string of the molecule is CCc1ccccc1COc1c[nH]c(C(=O)O)cc1=O. The lowest BCUT2D eigenvalue weighted by Gasteiger charge is -2.09. The lowest BCUT2D eigenvalue weighted by Crippen LogP contribution is -2.12. The molecule has 2 rings (SSSR count). The average Bonchev–Trinajstić information content (AvgIpc) is 2.46. The van der Waals surface area contributed by atoms with E-state index in [2.05, 4.69) is 4.98 Å². The quantitative estimate of drug-likeness (QED) is 0.875. The molecule has 2 aromatic rings. The van der Waals surface area contributed by atoms with Crippen LogP contribution in [0.4, 0.5) is 0 Å². The van der Waals surface area contributed by atoms with Crippen LogP contribution in [0.2, 0.25) is 0 Å². The maximum absolute atomic E-state index is 11.7. The summed E-state index contributed by atoms with van der Waals surface area (Å²) in [5.74, 6) is -1.06. The van der Waals surface area contributed by atoms with Crippen molar-refractivity contribution in [2.45, 2.75) is 20.0 Å². The highest BCUT2D eigenvalue weighted by molar-refractivity contribution is 5.85. The van der Waals surface area contributed by atoms with Gasteiger partial charge >= 0.3 is 5.97 Å². The number of carbonyl (C=O) groups is 1. The van der Waals surface area contributed by atoms with Gasteiger partial charge in [-0.25, -0.2) is 4.79 Å². The third kappa shape index (κ3) is 3.06. The number of aromatic nitrogens is 1. The zero-order valence-electron chi connectivity index (χ0n) is 11.1. The molecule has 1 heterocycles. The van der Waals surface area contributed by atoms with Gasteiger partial charge in [0.15, 0.2) is 5.75 Å². The Kier molecular flexibility index (Phi) is 4.20. The van der Waals surface area contributed by atoms with E-state index in [1.807, 2.05) is 31.2 Å². The zero-order valence-corrected chi connectivity index (χ0v) is 11.1. The second kappa shape index (κ2) is 6.06. The molecule has 1 aromatic carbocycles. The highest BCUT2D eigenvalue weighted by Gasteiger charge is 2.08. The standard InChI is InChI=1S/C15H15NO4/c1-2-10-5-3-4-6-11(10)9-20-14-8-16-12(15(18)19)7-13(14)17/h3-8H,2,9H2,1H3,(H,16,17)(H,18,19). The van der Waals surface area contributed by atoms with E-state index in [0.717, 1.165) is 23.6 Å². The number of pyridine rings is 1. The number of hydrogen-bond acceptors (Lipinski definition) is 3. The van der Waals surface area contributed by atoms with Crippen molar-refractivity contribution in [2.24, 2.45) is 0 Å². The number of rotatable bonds is 5. The zero-order chi connectivity index (χ0) is 14.5. The molecule has 0 unspecified atom stereocenters. The Morgan fingerprint density at radius 2 is 2.00 bits per heavy atom. The highest BCUT2D eigenvalue weighted by Crippen LogP contribution is 2.12. The van der Waals surface area contributed by atoms with E-state index in [1.165, 1.54) is 6.20 Å². The first kappa shape index (κ1) is 13.9. The Balaban J connectivity index is 2.15. The van der Waals surface area contributed by atoms with Gasteiger partial charge in [-0.2, -0.15) is 0 Å². The molecule has 0 saturated carbocycles.